The normalized spacial score (nSPS) is 12.0. The standard InChI is InChI=1S/C19H23N7O/c1-3-26(19(27)14(2)15-4-8-21-9-5-15)18-12-16(6-10-22-18)17-13-25(11-7-20)24-23-17/h4-6,8-10,12-14H,3,7,11,20H2,1-2H3. The van der Waals surface area contributed by atoms with Crippen LogP contribution < -0.4 is 10.6 Å². The first-order chi connectivity index (χ1) is 13.1. The van der Waals surface area contributed by atoms with Gasteiger partial charge in [0.05, 0.1) is 18.7 Å². The number of hydrogen-bond acceptors (Lipinski definition) is 6. The van der Waals surface area contributed by atoms with Gasteiger partial charge in [-0.15, -0.1) is 5.10 Å². The Morgan fingerprint density at radius 2 is 2.04 bits per heavy atom. The highest BCUT2D eigenvalue weighted by molar-refractivity contribution is 5.97. The molecule has 3 rings (SSSR count). The van der Waals surface area contributed by atoms with Gasteiger partial charge < -0.3 is 5.73 Å². The monoisotopic (exact) mass is 365 g/mol. The average Bonchev–Trinajstić information content (AvgIpc) is 3.18. The minimum Gasteiger partial charge on any atom is -0.329 e. The summed E-state index contributed by atoms with van der Waals surface area (Å²) in [5, 5.41) is 8.24. The van der Waals surface area contributed by atoms with E-state index in [-0.39, 0.29) is 11.8 Å². The van der Waals surface area contributed by atoms with Crippen molar-refractivity contribution >= 4 is 11.7 Å². The lowest BCUT2D eigenvalue weighted by Crippen LogP contribution is -2.34. The van der Waals surface area contributed by atoms with Crippen LogP contribution in [0.4, 0.5) is 5.82 Å². The Kier molecular flexibility index (Phi) is 5.87. The van der Waals surface area contributed by atoms with E-state index in [0.717, 1.165) is 16.8 Å². The third-order valence-corrected chi connectivity index (χ3v) is 4.37. The van der Waals surface area contributed by atoms with Gasteiger partial charge in [-0.3, -0.25) is 19.4 Å². The summed E-state index contributed by atoms with van der Waals surface area (Å²) < 4.78 is 1.70. The molecule has 3 aromatic rings. The Bertz CT molecular complexity index is 894. The van der Waals surface area contributed by atoms with E-state index >= 15 is 0 Å². The molecule has 0 bridgehead atoms. The number of pyridine rings is 2. The van der Waals surface area contributed by atoms with E-state index < -0.39 is 0 Å². The molecule has 1 unspecified atom stereocenters. The predicted molar refractivity (Wildman–Crippen MR) is 103 cm³/mol. The van der Waals surface area contributed by atoms with Gasteiger partial charge in [0.25, 0.3) is 0 Å². The number of likely N-dealkylation sites (N-methyl/N-ethyl adjacent to an activating group) is 1. The Morgan fingerprint density at radius 1 is 1.26 bits per heavy atom. The smallest absolute Gasteiger partial charge is 0.235 e. The molecular weight excluding hydrogens is 342 g/mol. The number of rotatable bonds is 7. The molecule has 0 aliphatic heterocycles. The second-order valence-corrected chi connectivity index (χ2v) is 6.14. The van der Waals surface area contributed by atoms with Crippen LogP contribution in [0.1, 0.15) is 25.3 Å². The van der Waals surface area contributed by atoms with E-state index in [9.17, 15) is 4.79 Å². The lowest BCUT2D eigenvalue weighted by atomic mass is 10.0. The molecular formula is C19H23N7O. The minimum absolute atomic E-state index is 0.0138. The van der Waals surface area contributed by atoms with E-state index in [1.165, 1.54) is 0 Å². The second kappa shape index (κ2) is 8.50. The molecule has 0 aliphatic carbocycles. The van der Waals surface area contributed by atoms with Gasteiger partial charge in [-0.2, -0.15) is 0 Å². The van der Waals surface area contributed by atoms with E-state index in [1.807, 2.05) is 44.3 Å². The lowest BCUT2D eigenvalue weighted by molar-refractivity contribution is -0.119. The maximum Gasteiger partial charge on any atom is 0.235 e. The number of carbonyl (C=O) groups is 1. The van der Waals surface area contributed by atoms with E-state index in [2.05, 4.69) is 20.3 Å². The first-order valence-electron chi connectivity index (χ1n) is 8.92. The average molecular weight is 365 g/mol. The van der Waals surface area contributed by atoms with Crippen molar-refractivity contribution in [2.45, 2.75) is 26.3 Å². The molecule has 8 nitrogen and oxygen atoms in total. The van der Waals surface area contributed by atoms with Crippen molar-refractivity contribution in [2.24, 2.45) is 5.73 Å². The van der Waals surface area contributed by atoms with Crippen LogP contribution in [0.15, 0.2) is 49.1 Å². The molecule has 140 valence electrons. The minimum atomic E-state index is -0.288. The van der Waals surface area contributed by atoms with Crippen LogP contribution in [0, 0.1) is 0 Å². The van der Waals surface area contributed by atoms with Crippen LogP contribution in [-0.2, 0) is 11.3 Å². The number of nitrogens with zero attached hydrogens (tertiary/aromatic N) is 6. The lowest BCUT2D eigenvalue weighted by Gasteiger charge is -2.24. The molecule has 0 aromatic carbocycles. The van der Waals surface area contributed by atoms with Gasteiger partial charge >= 0.3 is 0 Å². The summed E-state index contributed by atoms with van der Waals surface area (Å²) in [4.78, 5) is 23.1. The molecule has 8 heteroatoms. The molecule has 0 saturated heterocycles. The molecule has 3 aromatic heterocycles. The van der Waals surface area contributed by atoms with Gasteiger partial charge in [-0.05, 0) is 43.7 Å². The maximum atomic E-state index is 13.0. The second-order valence-electron chi connectivity index (χ2n) is 6.14. The van der Waals surface area contributed by atoms with E-state index in [4.69, 9.17) is 5.73 Å². The third-order valence-electron chi connectivity index (χ3n) is 4.37. The van der Waals surface area contributed by atoms with E-state index in [0.29, 0.717) is 25.5 Å². The number of amides is 1. The number of anilines is 1. The van der Waals surface area contributed by atoms with E-state index in [1.54, 1.807) is 28.2 Å². The molecule has 1 amide bonds. The summed E-state index contributed by atoms with van der Waals surface area (Å²) in [5.74, 6) is 0.290. The van der Waals surface area contributed by atoms with Gasteiger partial charge in [0.1, 0.15) is 11.5 Å². The molecule has 0 fully saturated rings. The first kappa shape index (κ1) is 18.7. The maximum absolute atomic E-state index is 13.0. The fourth-order valence-electron chi connectivity index (χ4n) is 2.86. The van der Waals surface area contributed by atoms with Gasteiger partial charge in [0.15, 0.2) is 0 Å². The van der Waals surface area contributed by atoms with Crippen molar-refractivity contribution in [3.63, 3.8) is 0 Å². The van der Waals surface area contributed by atoms with Crippen molar-refractivity contribution in [1.29, 1.82) is 0 Å². The van der Waals surface area contributed by atoms with Crippen molar-refractivity contribution in [3.05, 3.63) is 54.6 Å². The number of aromatic nitrogens is 5. The van der Waals surface area contributed by atoms with Crippen LogP contribution >= 0.6 is 0 Å². The largest absolute Gasteiger partial charge is 0.329 e. The summed E-state index contributed by atoms with van der Waals surface area (Å²) in [7, 11) is 0. The Balaban J connectivity index is 1.86. The third kappa shape index (κ3) is 4.17. The fourth-order valence-corrected chi connectivity index (χ4v) is 2.86. The zero-order chi connectivity index (χ0) is 19.2. The van der Waals surface area contributed by atoms with Crippen molar-refractivity contribution in [3.8, 4) is 11.3 Å². The highest BCUT2D eigenvalue weighted by Gasteiger charge is 2.23. The first-order valence-corrected chi connectivity index (χ1v) is 8.92. The summed E-state index contributed by atoms with van der Waals surface area (Å²) >= 11 is 0. The SMILES string of the molecule is CCN(C(=O)C(C)c1ccncc1)c1cc(-c2cn(CCN)nn2)ccn1. The zero-order valence-corrected chi connectivity index (χ0v) is 15.5. The van der Waals surface area contributed by atoms with Gasteiger partial charge in [0.2, 0.25) is 5.91 Å². The molecule has 0 aliphatic rings. The molecule has 0 saturated carbocycles. The van der Waals surface area contributed by atoms with Gasteiger partial charge in [-0.1, -0.05) is 5.21 Å². The van der Waals surface area contributed by atoms with Crippen molar-refractivity contribution < 1.29 is 4.79 Å². The molecule has 0 radical (unpaired) electrons. The van der Waals surface area contributed by atoms with Crippen LogP contribution in [0.5, 0.6) is 0 Å². The van der Waals surface area contributed by atoms with Crippen LogP contribution in [0.2, 0.25) is 0 Å². The number of hydrogen-bond donors (Lipinski definition) is 1. The quantitative estimate of drug-likeness (QED) is 0.685. The molecule has 27 heavy (non-hydrogen) atoms. The van der Waals surface area contributed by atoms with Crippen LogP contribution in [0.3, 0.4) is 0 Å². The summed E-state index contributed by atoms with van der Waals surface area (Å²) in [6, 6.07) is 7.43. The highest BCUT2D eigenvalue weighted by Crippen LogP contribution is 2.24. The number of carbonyl (C=O) groups excluding carboxylic acids is 1. The molecule has 3 heterocycles. The Hall–Kier alpha value is -3.13. The Morgan fingerprint density at radius 3 is 2.74 bits per heavy atom. The van der Waals surface area contributed by atoms with Gasteiger partial charge in [0, 0.05) is 37.2 Å². The van der Waals surface area contributed by atoms with Crippen LogP contribution in [0.25, 0.3) is 11.3 Å². The summed E-state index contributed by atoms with van der Waals surface area (Å²) in [6.07, 6.45) is 6.90. The Labute approximate surface area is 158 Å². The highest BCUT2D eigenvalue weighted by atomic mass is 16.2. The van der Waals surface area contributed by atoms with Gasteiger partial charge in [-0.25, -0.2) is 4.98 Å². The number of nitrogens with two attached hydrogens (primary N) is 1. The molecule has 2 N–H and O–H groups in total. The fraction of sp³-hybridized carbons (Fsp3) is 0.316. The van der Waals surface area contributed by atoms with Crippen molar-refractivity contribution in [2.75, 3.05) is 18.0 Å². The topological polar surface area (TPSA) is 103 Å². The summed E-state index contributed by atoms with van der Waals surface area (Å²) in [6.45, 7) is 5.44. The molecule has 1 atom stereocenters. The summed E-state index contributed by atoms with van der Waals surface area (Å²) in [5.41, 5.74) is 8.05. The van der Waals surface area contributed by atoms with Crippen molar-refractivity contribution in [1.82, 2.24) is 25.0 Å². The molecule has 0 spiro atoms. The zero-order valence-electron chi connectivity index (χ0n) is 15.5. The van der Waals surface area contributed by atoms with Crippen LogP contribution in [-0.4, -0.2) is 44.0 Å². The predicted octanol–water partition coefficient (Wildman–Crippen LogP) is 1.85.